The molecule has 162 valence electrons. The van der Waals surface area contributed by atoms with Gasteiger partial charge in [-0.05, 0) is 26.3 Å². The Balaban J connectivity index is 1.41. The highest BCUT2D eigenvalue weighted by molar-refractivity contribution is 6.03. The number of likely N-dealkylation sites (N-methyl/N-ethyl adjacent to an activating group) is 1. The van der Waals surface area contributed by atoms with Gasteiger partial charge in [-0.1, -0.05) is 0 Å². The largest absolute Gasteiger partial charge is 0.435 e. The molecule has 1 saturated heterocycles. The van der Waals surface area contributed by atoms with E-state index in [1.165, 1.54) is 10.9 Å². The minimum atomic E-state index is -4.46. The van der Waals surface area contributed by atoms with Crippen LogP contribution in [-0.2, 0) is 22.3 Å². The number of amides is 1. The summed E-state index contributed by atoms with van der Waals surface area (Å²) < 4.78 is 45.0. The van der Waals surface area contributed by atoms with Gasteiger partial charge < -0.3 is 20.3 Å². The monoisotopic (exact) mass is 425 g/mol. The molecule has 9 nitrogen and oxygen atoms in total. The number of hydrogen-bond acceptors (Lipinski definition) is 7. The molecular weight excluding hydrogens is 403 g/mol. The molecule has 1 amide bonds. The fourth-order valence-electron chi connectivity index (χ4n) is 3.55. The quantitative estimate of drug-likeness (QED) is 0.774. The average Bonchev–Trinajstić information content (AvgIpc) is 3.31. The maximum atomic E-state index is 12.7. The molecule has 2 unspecified atom stereocenters. The second-order valence-electron chi connectivity index (χ2n) is 7.56. The zero-order valence-corrected chi connectivity index (χ0v) is 16.7. The molecule has 1 fully saturated rings. The summed E-state index contributed by atoms with van der Waals surface area (Å²) in [6, 6.07) is 0.505. The van der Waals surface area contributed by atoms with Crippen LogP contribution in [0.25, 0.3) is 0 Å². The predicted molar refractivity (Wildman–Crippen MR) is 102 cm³/mol. The van der Waals surface area contributed by atoms with E-state index in [2.05, 4.69) is 25.7 Å². The van der Waals surface area contributed by atoms with Gasteiger partial charge in [-0.25, -0.2) is 4.98 Å². The van der Waals surface area contributed by atoms with Crippen molar-refractivity contribution in [1.29, 1.82) is 0 Å². The number of aryl methyl sites for hydroxylation is 1. The SMILES string of the molecule is Cc1nc(NC2COC(Cn3ccc(C(F)(F)F)n3)C2)nc2c1NC(=O)[C@H](C)N2C. The van der Waals surface area contributed by atoms with Crippen molar-refractivity contribution < 1.29 is 22.7 Å². The first-order valence-electron chi connectivity index (χ1n) is 9.53. The van der Waals surface area contributed by atoms with Crippen molar-refractivity contribution >= 4 is 23.4 Å². The van der Waals surface area contributed by atoms with Crippen LogP contribution in [0, 0.1) is 6.92 Å². The first kappa shape index (κ1) is 20.4. The fourth-order valence-corrected chi connectivity index (χ4v) is 3.55. The van der Waals surface area contributed by atoms with Gasteiger partial charge in [0.25, 0.3) is 0 Å². The Kier molecular flexibility index (Phi) is 5.04. The Bertz CT molecular complexity index is 962. The molecule has 2 aromatic rings. The molecule has 2 aliphatic rings. The lowest BCUT2D eigenvalue weighted by Crippen LogP contribution is -2.45. The zero-order valence-electron chi connectivity index (χ0n) is 16.7. The Labute approximate surface area is 170 Å². The Morgan fingerprint density at radius 2 is 2.13 bits per heavy atom. The molecule has 4 heterocycles. The highest BCUT2D eigenvalue weighted by atomic mass is 19.4. The summed E-state index contributed by atoms with van der Waals surface area (Å²) in [6.45, 7) is 4.18. The van der Waals surface area contributed by atoms with E-state index in [0.29, 0.717) is 36.2 Å². The van der Waals surface area contributed by atoms with E-state index in [0.717, 1.165) is 6.07 Å². The maximum absolute atomic E-state index is 12.7. The van der Waals surface area contributed by atoms with Crippen molar-refractivity contribution in [3.63, 3.8) is 0 Å². The molecule has 2 N–H and O–H groups in total. The number of carbonyl (C=O) groups is 1. The van der Waals surface area contributed by atoms with Gasteiger partial charge >= 0.3 is 6.18 Å². The van der Waals surface area contributed by atoms with Crippen molar-refractivity contribution in [2.24, 2.45) is 0 Å². The van der Waals surface area contributed by atoms with E-state index in [9.17, 15) is 18.0 Å². The number of hydrogen-bond donors (Lipinski definition) is 2. The minimum absolute atomic E-state index is 0.0917. The predicted octanol–water partition coefficient (Wildman–Crippen LogP) is 2.05. The number of alkyl halides is 3. The normalized spacial score (nSPS) is 24.0. The second kappa shape index (κ2) is 7.42. The van der Waals surface area contributed by atoms with Gasteiger partial charge in [0.1, 0.15) is 11.7 Å². The first-order valence-corrected chi connectivity index (χ1v) is 9.53. The summed E-state index contributed by atoms with van der Waals surface area (Å²) in [6.07, 6.45) is -2.86. The Hall–Kier alpha value is -2.89. The summed E-state index contributed by atoms with van der Waals surface area (Å²) in [5.74, 6) is 0.926. The molecule has 0 saturated carbocycles. The Morgan fingerprint density at radius 1 is 1.37 bits per heavy atom. The molecule has 0 bridgehead atoms. The van der Waals surface area contributed by atoms with Gasteiger partial charge in [-0.15, -0.1) is 0 Å². The molecule has 12 heteroatoms. The maximum Gasteiger partial charge on any atom is 0.435 e. The minimum Gasteiger partial charge on any atom is -0.374 e. The van der Waals surface area contributed by atoms with E-state index in [1.54, 1.807) is 25.8 Å². The molecule has 30 heavy (non-hydrogen) atoms. The molecule has 4 rings (SSSR count). The van der Waals surface area contributed by atoms with E-state index < -0.39 is 11.9 Å². The summed E-state index contributed by atoms with van der Waals surface area (Å²) in [4.78, 5) is 22.8. The van der Waals surface area contributed by atoms with Crippen LogP contribution < -0.4 is 15.5 Å². The third-order valence-corrected chi connectivity index (χ3v) is 5.35. The fraction of sp³-hybridized carbons (Fsp3) is 0.556. The molecule has 2 aromatic heterocycles. The van der Waals surface area contributed by atoms with Crippen LogP contribution in [-0.4, -0.2) is 57.5 Å². The van der Waals surface area contributed by atoms with Crippen LogP contribution in [0.5, 0.6) is 0 Å². The molecule has 2 aliphatic heterocycles. The number of ether oxygens (including phenoxy) is 1. The number of anilines is 3. The summed E-state index contributed by atoms with van der Waals surface area (Å²) >= 11 is 0. The van der Waals surface area contributed by atoms with Crippen LogP contribution >= 0.6 is 0 Å². The highest BCUT2D eigenvalue weighted by Gasteiger charge is 2.35. The summed E-state index contributed by atoms with van der Waals surface area (Å²) in [7, 11) is 1.80. The molecule has 3 atom stereocenters. The van der Waals surface area contributed by atoms with E-state index in [-0.39, 0.29) is 30.6 Å². The smallest absolute Gasteiger partial charge is 0.374 e. The van der Waals surface area contributed by atoms with Crippen LogP contribution in [0.15, 0.2) is 12.3 Å². The standard InChI is InChI=1S/C18H22F3N7O2/c1-9-14-15(27(3)10(2)16(29)24-14)25-17(22-9)23-11-6-12(30-8-11)7-28-5-4-13(26-28)18(19,20)21/h4-5,10-12H,6-8H2,1-3H3,(H,24,29)(H,22,23,25)/t10-,11?,12?/m0/s1. The number of carbonyl (C=O) groups excluding carboxylic acids is 1. The number of nitrogens with zero attached hydrogens (tertiary/aromatic N) is 5. The van der Waals surface area contributed by atoms with E-state index >= 15 is 0 Å². The van der Waals surface area contributed by atoms with Gasteiger partial charge in [0.2, 0.25) is 11.9 Å². The van der Waals surface area contributed by atoms with Crippen molar-refractivity contribution in [1.82, 2.24) is 19.7 Å². The lowest BCUT2D eigenvalue weighted by Gasteiger charge is -2.32. The average molecular weight is 425 g/mol. The van der Waals surface area contributed by atoms with Crippen molar-refractivity contribution in [2.75, 3.05) is 29.2 Å². The highest BCUT2D eigenvalue weighted by Crippen LogP contribution is 2.32. The van der Waals surface area contributed by atoms with E-state index in [4.69, 9.17) is 4.74 Å². The van der Waals surface area contributed by atoms with Crippen molar-refractivity contribution in [3.05, 3.63) is 23.7 Å². The topological polar surface area (TPSA) is 97.2 Å². The third-order valence-electron chi connectivity index (χ3n) is 5.35. The number of rotatable bonds is 4. The summed E-state index contributed by atoms with van der Waals surface area (Å²) in [5.41, 5.74) is 0.311. The lowest BCUT2D eigenvalue weighted by atomic mass is 10.1. The number of fused-ring (bicyclic) bond motifs is 1. The van der Waals surface area contributed by atoms with Gasteiger partial charge in [-0.2, -0.15) is 23.3 Å². The third kappa shape index (κ3) is 3.91. The first-order chi connectivity index (χ1) is 14.1. The van der Waals surface area contributed by atoms with Crippen molar-refractivity contribution in [2.45, 2.75) is 51.2 Å². The van der Waals surface area contributed by atoms with Crippen LogP contribution in [0.2, 0.25) is 0 Å². The van der Waals surface area contributed by atoms with Gasteiger partial charge in [-0.3, -0.25) is 9.48 Å². The van der Waals surface area contributed by atoms with Gasteiger partial charge in [0, 0.05) is 13.2 Å². The zero-order chi connectivity index (χ0) is 21.6. The van der Waals surface area contributed by atoms with Crippen LogP contribution in [0.3, 0.4) is 0 Å². The van der Waals surface area contributed by atoms with Crippen LogP contribution in [0.1, 0.15) is 24.7 Å². The van der Waals surface area contributed by atoms with Crippen LogP contribution in [0.4, 0.5) is 30.6 Å². The van der Waals surface area contributed by atoms with Gasteiger partial charge in [0.15, 0.2) is 11.5 Å². The molecular formula is C18H22F3N7O2. The molecule has 0 spiro atoms. The Morgan fingerprint density at radius 3 is 2.83 bits per heavy atom. The van der Waals surface area contributed by atoms with E-state index in [1.807, 2.05) is 0 Å². The lowest BCUT2D eigenvalue weighted by molar-refractivity contribution is -0.141. The van der Waals surface area contributed by atoms with Gasteiger partial charge in [0.05, 0.1) is 31.0 Å². The summed E-state index contributed by atoms with van der Waals surface area (Å²) in [5, 5.41) is 9.62. The number of nitrogens with one attached hydrogen (secondary N) is 2. The number of halogens is 3. The molecule has 0 aromatic carbocycles. The molecule has 0 radical (unpaired) electrons. The van der Waals surface area contributed by atoms with Crippen molar-refractivity contribution in [3.8, 4) is 0 Å². The second-order valence-corrected chi connectivity index (χ2v) is 7.56. The number of aromatic nitrogens is 4. The molecule has 0 aliphatic carbocycles.